The van der Waals surface area contributed by atoms with Gasteiger partial charge in [-0.3, -0.25) is 4.68 Å². The number of rotatable bonds is 3. The Kier molecular flexibility index (Phi) is 3.24. The van der Waals surface area contributed by atoms with E-state index >= 15 is 0 Å². The van der Waals surface area contributed by atoms with E-state index in [-0.39, 0.29) is 0 Å². The molecule has 0 amide bonds. The molecule has 0 aliphatic heterocycles. The summed E-state index contributed by atoms with van der Waals surface area (Å²) in [6.45, 7) is 2.45. The molecule has 5 heteroatoms. The van der Waals surface area contributed by atoms with Crippen molar-refractivity contribution in [3.63, 3.8) is 0 Å². The summed E-state index contributed by atoms with van der Waals surface area (Å²) in [6.07, 6.45) is 1.84. The predicted octanol–water partition coefficient (Wildman–Crippen LogP) is 2.47. The van der Waals surface area contributed by atoms with Gasteiger partial charge in [-0.15, -0.1) is 5.10 Å². The summed E-state index contributed by atoms with van der Waals surface area (Å²) in [5.41, 5.74) is 1.92. The molecular formula is C11H12BrN3O. The van der Waals surface area contributed by atoms with Gasteiger partial charge in [-0.25, -0.2) is 0 Å². The van der Waals surface area contributed by atoms with E-state index in [9.17, 15) is 0 Å². The molecule has 0 atom stereocenters. The quantitative estimate of drug-likeness (QED) is 0.868. The van der Waals surface area contributed by atoms with Crippen LogP contribution in [-0.4, -0.2) is 15.0 Å². The number of aromatic nitrogens is 3. The van der Waals surface area contributed by atoms with Crippen molar-refractivity contribution in [1.82, 2.24) is 15.0 Å². The third kappa shape index (κ3) is 2.61. The van der Waals surface area contributed by atoms with Gasteiger partial charge in [-0.2, -0.15) is 0 Å². The van der Waals surface area contributed by atoms with Crippen molar-refractivity contribution in [1.29, 1.82) is 0 Å². The maximum atomic E-state index is 5.67. The molecular weight excluding hydrogens is 270 g/mol. The fourth-order valence-corrected chi connectivity index (χ4v) is 1.68. The topological polar surface area (TPSA) is 39.9 Å². The highest BCUT2D eigenvalue weighted by atomic mass is 79.9. The summed E-state index contributed by atoms with van der Waals surface area (Å²) < 4.78 is 8.34. The molecule has 1 aromatic heterocycles. The van der Waals surface area contributed by atoms with Crippen molar-refractivity contribution in [2.75, 3.05) is 0 Å². The fourth-order valence-electron chi connectivity index (χ4n) is 1.34. The Morgan fingerprint density at radius 3 is 2.94 bits per heavy atom. The van der Waals surface area contributed by atoms with Gasteiger partial charge >= 0.3 is 0 Å². The Labute approximate surface area is 102 Å². The summed E-state index contributed by atoms with van der Waals surface area (Å²) in [6, 6.07) is 5.95. The molecule has 0 fully saturated rings. The third-order valence-electron chi connectivity index (χ3n) is 2.18. The molecule has 1 heterocycles. The zero-order valence-electron chi connectivity index (χ0n) is 9.14. The third-order valence-corrected chi connectivity index (χ3v) is 2.67. The van der Waals surface area contributed by atoms with Crippen LogP contribution in [0, 0.1) is 6.92 Å². The average molecular weight is 282 g/mol. The molecule has 0 spiro atoms. The van der Waals surface area contributed by atoms with Gasteiger partial charge in [0.25, 0.3) is 0 Å². The Balaban J connectivity index is 2.07. The van der Waals surface area contributed by atoms with Crippen LogP contribution in [0.5, 0.6) is 5.75 Å². The molecule has 84 valence electrons. The van der Waals surface area contributed by atoms with Crippen LogP contribution in [-0.2, 0) is 13.7 Å². The van der Waals surface area contributed by atoms with Gasteiger partial charge in [-0.1, -0.05) is 27.2 Å². The largest absolute Gasteiger partial charge is 0.487 e. The number of hydrogen-bond donors (Lipinski definition) is 0. The minimum Gasteiger partial charge on any atom is -0.487 e. The zero-order valence-corrected chi connectivity index (χ0v) is 10.7. The number of aryl methyl sites for hydroxylation is 2. The van der Waals surface area contributed by atoms with Crippen LogP contribution < -0.4 is 4.74 Å². The lowest BCUT2D eigenvalue weighted by Crippen LogP contribution is -1.97. The molecule has 16 heavy (non-hydrogen) atoms. The minimum absolute atomic E-state index is 0.436. The Morgan fingerprint density at radius 2 is 2.25 bits per heavy atom. The maximum Gasteiger partial charge on any atom is 0.134 e. The summed E-state index contributed by atoms with van der Waals surface area (Å²) >= 11 is 3.41. The highest BCUT2D eigenvalue weighted by Crippen LogP contribution is 2.23. The SMILES string of the molecule is Cc1ccc(Br)cc1OCc1cn(C)nn1. The first kappa shape index (κ1) is 11.1. The zero-order chi connectivity index (χ0) is 11.5. The van der Waals surface area contributed by atoms with Crippen molar-refractivity contribution in [3.05, 3.63) is 40.1 Å². The maximum absolute atomic E-state index is 5.67. The number of ether oxygens (including phenoxy) is 1. The van der Waals surface area contributed by atoms with Gasteiger partial charge in [0.2, 0.25) is 0 Å². The van der Waals surface area contributed by atoms with Gasteiger partial charge in [0.1, 0.15) is 18.1 Å². The molecule has 0 radical (unpaired) electrons. The predicted molar refractivity (Wildman–Crippen MR) is 64.2 cm³/mol. The van der Waals surface area contributed by atoms with Crippen LogP contribution in [0.2, 0.25) is 0 Å². The van der Waals surface area contributed by atoms with E-state index in [0.717, 1.165) is 21.5 Å². The molecule has 0 saturated carbocycles. The van der Waals surface area contributed by atoms with E-state index in [1.807, 2.05) is 38.4 Å². The number of halogens is 1. The smallest absolute Gasteiger partial charge is 0.134 e. The van der Waals surface area contributed by atoms with Gasteiger partial charge in [0, 0.05) is 11.5 Å². The Bertz CT molecular complexity index is 496. The average Bonchev–Trinajstić information content (AvgIpc) is 2.66. The lowest BCUT2D eigenvalue weighted by molar-refractivity contribution is 0.299. The molecule has 0 bridgehead atoms. The van der Waals surface area contributed by atoms with Crippen LogP contribution in [0.25, 0.3) is 0 Å². The lowest BCUT2D eigenvalue weighted by atomic mass is 10.2. The molecule has 0 saturated heterocycles. The molecule has 2 rings (SSSR count). The second-order valence-electron chi connectivity index (χ2n) is 3.58. The van der Waals surface area contributed by atoms with Crippen molar-refractivity contribution < 1.29 is 4.74 Å². The van der Waals surface area contributed by atoms with E-state index in [0.29, 0.717) is 6.61 Å². The standard InChI is InChI=1S/C11H12BrN3O/c1-8-3-4-9(12)5-11(8)16-7-10-6-15(2)14-13-10/h3-6H,7H2,1-2H3. The second-order valence-corrected chi connectivity index (χ2v) is 4.50. The lowest BCUT2D eigenvalue weighted by Gasteiger charge is -2.07. The minimum atomic E-state index is 0.436. The molecule has 4 nitrogen and oxygen atoms in total. The first-order valence-corrected chi connectivity index (χ1v) is 5.68. The van der Waals surface area contributed by atoms with E-state index in [1.165, 1.54) is 0 Å². The van der Waals surface area contributed by atoms with Crippen molar-refractivity contribution >= 4 is 15.9 Å². The molecule has 0 N–H and O–H groups in total. The van der Waals surface area contributed by atoms with Crippen molar-refractivity contribution in [2.24, 2.45) is 7.05 Å². The van der Waals surface area contributed by atoms with E-state index in [2.05, 4.69) is 26.2 Å². The van der Waals surface area contributed by atoms with Crippen LogP contribution >= 0.6 is 15.9 Å². The van der Waals surface area contributed by atoms with Gasteiger partial charge in [-0.05, 0) is 24.6 Å². The summed E-state index contributed by atoms with van der Waals surface area (Å²) in [5.74, 6) is 0.861. The number of hydrogen-bond acceptors (Lipinski definition) is 3. The van der Waals surface area contributed by atoms with Crippen molar-refractivity contribution in [2.45, 2.75) is 13.5 Å². The Hall–Kier alpha value is -1.36. The molecule has 2 aromatic rings. The number of nitrogens with zero attached hydrogens (tertiary/aromatic N) is 3. The van der Waals surface area contributed by atoms with Gasteiger partial charge < -0.3 is 4.74 Å². The Morgan fingerprint density at radius 1 is 1.44 bits per heavy atom. The van der Waals surface area contributed by atoms with Crippen LogP contribution in [0.3, 0.4) is 0 Å². The van der Waals surface area contributed by atoms with Crippen LogP contribution in [0.1, 0.15) is 11.3 Å². The highest BCUT2D eigenvalue weighted by molar-refractivity contribution is 9.10. The summed E-state index contributed by atoms with van der Waals surface area (Å²) in [5, 5.41) is 7.81. The van der Waals surface area contributed by atoms with Gasteiger partial charge in [0.05, 0.1) is 6.20 Å². The van der Waals surface area contributed by atoms with Crippen LogP contribution in [0.4, 0.5) is 0 Å². The van der Waals surface area contributed by atoms with E-state index < -0.39 is 0 Å². The second kappa shape index (κ2) is 4.65. The summed E-state index contributed by atoms with van der Waals surface area (Å²) in [4.78, 5) is 0. The fraction of sp³-hybridized carbons (Fsp3) is 0.273. The van der Waals surface area contributed by atoms with Crippen molar-refractivity contribution in [3.8, 4) is 5.75 Å². The van der Waals surface area contributed by atoms with E-state index in [4.69, 9.17) is 4.74 Å². The monoisotopic (exact) mass is 281 g/mol. The molecule has 0 aliphatic rings. The van der Waals surface area contributed by atoms with Gasteiger partial charge in [0.15, 0.2) is 0 Å². The molecule has 0 aliphatic carbocycles. The van der Waals surface area contributed by atoms with E-state index in [1.54, 1.807) is 4.68 Å². The normalized spacial score (nSPS) is 10.4. The molecule has 1 aromatic carbocycles. The summed E-state index contributed by atoms with van der Waals surface area (Å²) in [7, 11) is 1.83. The number of benzene rings is 1. The highest BCUT2D eigenvalue weighted by Gasteiger charge is 2.03. The molecule has 0 unspecified atom stereocenters. The first-order valence-electron chi connectivity index (χ1n) is 4.89. The van der Waals surface area contributed by atoms with Crippen LogP contribution in [0.15, 0.2) is 28.9 Å². The first-order chi connectivity index (χ1) is 7.65.